The molecule has 210 valence electrons. The number of rotatable bonds is 8. The van der Waals surface area contributed by atoms with E-state index in [2.05, 4.69) is 20.3 Å². The molecule has 1 amide bonds. The lowest BCUT2D eigenvalue weighted by atomic mass is 10.1. The zero-order valence-corrected chi connectivity index (χ0v) is 22.0. The van der Waals surface area contributed by atoms with Crippen molar-refractivity contribution in [1.29, 1.82) is 0 Å². The summed E-state index contributed by atoms with van der Waals surface area (Å²) in [5.41, 5.74) is 3.05. The van der Waals surface area contributed by atoms with Crippen molar-refractivity contribution in [1.82, 2.24) is 10.6 Å². The van der Waals surface area contributed by atoms with E-state index in [1.807, 2.05) is 13.0 Å². The number of nitrogens with zero attached hydrogens (tertiary/aromatic N) is 1. The number of benzene rings is 2. The summed E-state index contributed by atoms with van der Waals surface area (Å²) in [5, 5.41) is 13.2. The van der Waals surface area contributed by atoms with Gasteiger partial charge in [0, 0.05) is 45.4 Å². The first kappa shape index (κ1) is 30.9. The highest BCUT2D eigenvalue weighted by atomic mass is 32.2. The summed E-state index contributed by atoms with van der Waals surface area (Å²) >= 11 is 0. The van der Waals surface area contributed by atoms with Crippen molar-refractivity contribution in [3.63, 3.8) is 0 Å². The number of aryl methyl sites for hydroxylation is 2. The Morgan fingerprint density at radius 3 is 2.32 bits per heavy atom. The van der Waals surface area contributed by atoms with Gasteiger partial charge in [-0.2, -0.15) is 13.2 Å². The highest BCUT2D eigenvalue weighted by Crippen LogP contribution is 2.31. The number of carbonyl (C=O) groups is 2. The molecule has 0 spiro atoms. The minimum atomic E-state index is -5.08. The number of anilines is 2. The van der Waals surface area contributed by atoms with Crippen molar-refractivity contribution >= 4 is 33.3 Å². The lowest BCUT2D eigenvalue weighted by Crippen LogP contribution is -2.43. The smallest absolute Gasteiger partial charge is 0.475 e. The van der Waals surface area contributed by atoms with E-state index in [0.717, 1.165) is 37.4 Å². The van der Waals surface area contributed by atoms with E-state index in [4.69, 9.17) is 14.6 Å². The Hall–Kier alpha value is -3.36. The van der Waals surface area contributed by atoms with E-state index in [9.17, 15) is 26.4 Å². The van der Waals surface area contributed by atoms with Crippen molar-refractivity contribution in [3.05, 3.63) is 53.1 Å². The highest BCUT2D eigenvalue weighted by Gasteiger charge is 2.38. The largest absolute Gasteiger partial charge is 0.490 e. The number of carbonyl (C=O) groups excluding carboxylic acids is 1. The van der Waals surface area contributed by atoms with Crippen LogP contribution in [0.15, 0.2) is 41.3 Å². The molecule has 0 aliphatic carbocycles. The van der Waals surface area contributed by atoms with Crippen LogP contribution in [0.1, 0.15) is 21.5 Å². The van der Waals surface area contributed by atoms with Crippen LogP contribution >= 0.6 is 0 Å². The normalized spacial score (nSPS) is 13.8. The summed E-state index contributed by atoms with van der Waals surface area (Å²) in [6.07, 6.45) is -5.08. The number of sulfonamides is 1. The van der Waals surface area contributed by atoms with E-state index in [1.54, 1.807) is 44.4 Å². The molecule has 0 aromatic heterocycles. The van der Waals surface area contributed by atoms with Crippen LogP contribution < -0.4 is 20.3 Å². The minimum Gasteiger partial charge on any atom is -0.475 e. The van der Waals surface area contributed by atoms with Crippen LogP contribution in [0, 0.1) is 13.8 Å². The number of hydrogen-bond donors (Lipinski definition) is 4. The van der Waals surface area contributed by atoms with E-state index < -0.39 is 22.2 Å². The number of carboxylic acid groups (broad SMARTS) is 1. The molecule has 38 heavy (non-hydrogen) atoms. The molecular formula is C24H31F3N4O6S. The molecule has 2 aromatic rings. The van der Waals surface area contributed by atoms with Gasteiger partial charge < -0.3 is 25.4 Å². The monoisotopic (exact) mass is 560 g/mol. The van der Waals surface area contributed by atoms with Gasteiger partial charge in [-0.05, 0) is 49.2 Å². The highest BCUT2D eigenvalue weighted by molar-refractivity contribution is 7.92. The Morgan fingerprint density at radius 2 is 1.74 bits per heavy atom. The molecule has 1 heterocycles. The minimum absolute atomic E-state index is 0.230. The zero-order chi connectivity index (χ0) is 28.5. The predicted octanol–water partition coefficient (Wildman–Crippen LogP) is 2.52. The number of halogens is 3. The van der Waals surface area contributed by atoms with Crippen LogP contribution in [0.3, 0.4) is 0 Å². The van der Waals surface area contributed by atoms with Crippen molar-refractivity contribution in [2.75, 3.05) is 56.1 Å². The van der Waals surface area contributed by atoms with Gasteiger partial charge in [0.05, 0.1) is 22.9 Å². The second-order valence-corrected chi connectivity index (χ2v) is 10.0. The van der Waals surface area contributed by atoms with Gasteiger partial charge in [-0.15, -0.1) is 0 Å². The van der Waals surface area contributed by atoms with Crippen molar-refractivity contribution in [3.8, 4) is 0 Å². The van der Waals surface area contributed by atoms with E-state index in [1.165, 1.54) is 0 Å². The van der Waals surface area contributed by atoms with E-state index in [-0.39, 0.29) is 10.8 Å². The summed E-state index contributed by atoms with van der Waals surface area (Å²) in [7, 11) is -2.27. The van der Waals surface area contributed by atoms with E-state index in [0.29, 0.717) is 30.0 Å². The summed E-state index contributed by atoms with van der Waals surface area (Å²) in [6, 6.07) is 10.4. The maximum Gasteiger partial charge on any atom is 0.490 e. The first-order chi connectivity index (χ1) is 17.8. The van der Waals surface area contributed by atoms with Crippen LogP contribution in [0.2, 0.25) is 0 Å². The number of alkyl halides is 3. The molecule has 0 unspecified atom stereocenters. The topological polar surface area (TPSA) is 137 Å². The van der Waals surface area contributed by atoms with Gasteiger partial charge >= 0.3 is 12.1 Å². The van der Waals surface area contributed by atoms with Gasteiger partial charge in [0.15, 0.2) is 0 Å². The molecule has 3 rings (SSSR count). The standard InChI is InChI=1S/C22H30N4O4S.C2HF3O2/c1-16-4-5-17(2)21(14-16)31(28,29)25-19-15-18(22(27)24-10-13-30-3)6-7-20(19)26-11-8-23-9-12-26;3-2(4,5)1(6)7/h4-7,14-15,23,25H,8-13H2,1-3H3,(H,24,27);(H,6,7). The van der Waals surface area contributed by atoms with Gasteiger partial charge in [-0.1, -0.05) is 12.1 Å². The Labute approximate surface area is 219 Å². The molecule has 0 radical (unpaired) electrons. The fraction of sp³-hybridized carbons (Fsp3) is 0.417. The van der Waals surface area contributed by atoms with Gasteiger partial charge in [0.25, 0.3) is 15.9 Å². The Kier molecular flexibility index (Phi) is 10.9. The third-order valence-electron chi connectivity index (χ3n) is 5.43. The SMILES string of the molecule is COCCNC(=O)c1ccc(N2CCNCC2)c(NS(=O)(=O)c2cc(C)ccc2C)c1.O=C(O)C(F)(F)F. The Bertz CT molecular complexity index is 1230. The second kappa shape index (κ2) is 13.4. The Morgan fingerprint density at radius 1 is 1.11 bits per heavy atom. The number of amides is 1. The summed E-state index contributed by atoms with van der Waals surface area (Å²) in [4.78, 5) is 23.8. The molecule has 10 nitrogen and oxygen atoms in total. The molecule has 1 aliphatic rings. The van der Waals surface area contributed by atoms with Crippen molar-refractivity contribution in [2.24, 2.45) is 0 Å². The number of nitrogens with one attached hydrogen (secondary N) is 3. The predicted molar refractivity (Wildman–Crippen MR) is 136 cm³/mol. The number of piperazine rings is 1. The molecule has 14 heteroatoms. The van der Waals surface area contributed by atoms with Gasteiger partial charge in [-0.25, -0.2) is 13.2 Å². The number of ether oxygens (including phenoxy) is 1. The average Bonchev–Trinajstić information content (AvgIpc) is 2.85. The van der Waals surface area contributed by atoms with Crippen LogP contribution in [0.5, 0.6) is 0 Å². The van der Waals surface area contributed by atoms with Gasteiger partial charge in [0.2, 0.25) is 0 Å². The molecule has 0 atom stereocenters. The van der Waals surface area contributed by atoms with Gasteiger partial charge in [-0.3, -0.25) is 9.52 Å². The number of methoxy groups -OCH3 is 1. The molecule has 1 fully saturated rings. The molecule has 0 bridgehead atoms. The lowest BCUT2D eigenvalue weighted by Gasteiger charge is -2.31. The van der Waals surface area contributed by atoms with Crippen LogP contribution in [0.4, 0.5) is 24.5 Å². The van der Waals surface area contributed by atoms with E-state index >= 15 is 0 Å². The zero-order valence-electron chi connectivity index (χ0n) is 21.2. The lowest BCUT2D eigenvalue weighted by molar-refractivity contribution is -0.192. The second-order valence-electron chi connectivity index (χ2n) is 8.40. The van der Waals surface area contributed by atoms with Crippen molar-refractivity contribution in [2.45, 2.75) is 24.9 Å². The first-order valence-electron chi connectivity index (χ1n) is 11.5. The third kappa shape index (κ3) is 8.89. The number of carboxylic acids is 1. The van der Waals surface area contributed by atoms with Crippen LogP contribution in [-0.4, -0.2) is 78.0 Å². The average molecular weight is 561 g/mol. The number of aliphatic carboxylic acids is 1. The summed E-state index contributed by atoms with van der Waals surface area (Å²) < 4.78 is 65.9. The molecule has 4 N–H and O–H groups in total. The summed E-state index contributed by atoms with van der Waals surface area (Å²) in [5.74, 6) is -3.04. The third-order valence-corrected chi connectivity index (χ3v) is 6.94. The van der Waals surface area contributed by atoms with Crippen LogP contribution in [0.25, 0.3) is 0 Å². The summed E-state index contributed by atoms with van der Waals surface area (Å²) in [6.45, 7) is 7.51. The number of hydrogen-bond acceptors (Lipinski definition) is 7. The molecular weight excluding hydrogens is 529 g/mol. The van der Waals surface area contributed by atoms with Gasteiger partial charge in [0.1, 0.15) is 0 Å². The van der Waals surface area contributed by atoms with Crippen LogP contribution in [-0.2, 0) is 19.6 Å². The fourth-order valence-electron chi connectivity index (χ4n) is 3.51. The first-order valence-corrected chi connectivity index (χ1v) is 13.0. The molecule has 0 saturated carbocycles. The maximum atomic E-state index is 13.2. The quantitative estimate of drug-likeness (QED) is 0.362. The maximum absolute atomic E-state index is 13.2. The molecule has 1 aliphatic heterocycles. The van der Waals surface area contributed by atoms with Crippen molar-refractivity contribution < 1.29 is 41.0 Å². The molecule has 2 aromatic carbocycles. The fourth-order valence-corrected chi connectivity index (χ4v) is 4.90. The molecule has 1 saturated heterocycles. The Balaban J connectivity index is 0.000000638.